The monoisotopic (exact) mass is 282 g/mol. The fraction of sp³-hybridized carbons (Fsp3) is 0.571. The van der Waals surface area contributed by atoms with E-state index in [4.69, 9.17) is 5.73 Å². The average molecular weight is 282 g/mol. The molecule has 5 heteroatoms. The Morgan fingerprint density at radius 2 is 2.05 bits per heavy atom. The summed E-state index contributed by atoms with van der Waals surface area (Å²) in [6.45, 7) is 6.97. The van der Waals surface area contributed by atoms with Crippen molar-refractivity contribution in [2.24, 2.45) is 5.92 Å². The zero-order chi connectivity index (χ0) is 14.2. The lowest BCUT2D eigenvalue weighted by atomic mass is 10.1. The minimum atomic E-state index is -3.41. The van der Waals surface area contributed by atoms with E-state index in [-0.39, 0.29) is 0 Å². The molecule has 1 aliphatic heterocycles. The third kappa shape index (κ3) is 2.49. The molecule has 0 radical (unpaired) electrons. The highest BCUT2D eigenvalue weighted by atomic mass is 32.2. The van der Waals surface area contributed by atoms with Gasteiger partial charge in [-0.15, -0.1) is 0 Å². The maximum Gasteiger partial charge on any atom is 0.243 e. The van der Waals surface area contributed by atoms with E-state index in [0.717, 1.165) is 18.4 Å². The van der Waals surface area contributed by atoms with Gasteiger partial charge in [-0.25, -0.2) is 8.42 Å². The molecule has 1 fully saturated rings. The Morgan fingerprint density at radius 3 is 2.63 bits per heavy atom. The summed E-state index contributed by atoms with van der Waals surface area (Å²) < 4.78 is 27.1. The third-order valence-electron chi connectivity index (χ3n) is 4.07. The van der Waals surface area contributed by atoms with Gasteiger partial charge in [-0.2, -0.15) is 4.31 Å². The first-order valence-corrected chi connectivity index (χ1v) is 8.17. The summed E-state index contributed by atoms with van der Waals surface area (Å²) in [7, 11) is -3.41. The first-order chi connectivity index (χ1) is 8.87. The fourth-order valence-electron chi connectivity index (χ4n) is 2.72. The summed E-state index contributed by atoms with van der Waals surface area (Å²) in [4.78, 5) is 0.393. The number of hydrogen-bond acceptors (Lipinski definition) is 3. The van der Waals surface area contributed by atoms with Crippen LogP contribution in [0.25, 0.3) is 0 Å². The maximum absolute atomic E-state index is 12.8. The van der Waals surface area contributed by atoms with Crippen molar-refractivity contribution in [3.63, 3.8) is 0 Å². The molecule has 0 aromatic heterocycles. The molecule has 4 nitrogen and oxygen atoms in total. The molecular weight excluding hydrogens is 260 g/mol. The minimum absolute atomic E-state index is 0.393. The van der Waals surface area contributed by atoms with Gasteiger partial charge in [0, 0.05) is 18.8 Å². The number of rotatable bonds is 3. The van der Waals surface area contributed by atoms with E-state index in [9.17, 15) is 8.42 Å². The van der Waals surface area contributed by atoms with Gasteiger partial charge in [-0.1, -0.05) is 19.4 Å². The van der Waals surface area contributed by atoms with Crippen molar-refractivity contribution in [2.45, 2.75) is 38.5 Å². The van der Waals surface area contributed by atoms with Crippen molar-refractivity contribution >= 4 is 15.7 Å². The number of nitrogen functional groups attached to an aromatic ring is 1. The summed E-state index contributed by atoms with van der Waals surface area (Å²) in [6.07, 6.45) is 1.98. The predicted molar refractivity (Wildman–Crippen MR) is 77.5 cm³/mol. The number of anilines is 1. The number of nitrogens with zero attached hydrogens (tertiary/aromatic N) is 1. The Balaban J connectivity index is 2.44. The molecule has 1 atom stereocenters. The molecule has 1 aromatic carbocycles. The van der Waals surface area contributed by atoms with Gasteiger partial charge < -0.3 is 5.73 Å². The first kappa shape index (κ1) is 14.3. The van der Waals surface area contributed by atoms with Gasteiger partial charge in [-0.3, -0.25) is 0 Å². The van der Waals surface area contributed by atoms with Crippen molar-refractivity contribution in [1.29, 1.82) is 0 Å². The van der Waals surface area contributed by atoms with Crippen LogP contribution >= 0.6 is 0 Å². The van der Waals surface area contributed by atoms with Gasteiger partial charge in [-0.05, 0) is 43.4 Å². The van der Waals surface area contributed by atoms with Crippen LogP contribution in [0.15, 0.2) is 17.0 Å². The van der Waals surface area contributed by atoms with Crippen molar-refractivity contribution in [3.8, 4) is 0 Å². The Labute approximate surface area is 115 Å². The van der Waals surface area contributed by atoms with Crippen molar-refractivity contribution in [2.75, 3.05) is 18.8 Å². The van der Waals surface area contributed by atoms with E-state index in [1.54, 1.807) is 23.4 Å². The molecule has 19 heavy (non-hydrogen) atoms. The van der Waals surface area contributed by atoms with Gasteiger partial charge >= 0.3 is 0 Å². The Kier molecular flexibility index (Phi) is 3.87. The summed E-state index contributed by atoms with van der Waals surface area (Å²) in [6, 6.07) is 3.55. The van der Waals surface area contributed by atoms with Gasteiger partial charge in [0.15, 0.2) is 0 Å². The molecule has 0 aliphatic carbocycles. The highest BCUT2D eigenvalue weighted by molar-refractivity contribution is 7.89. The van der Waals surface area contributed by atoms with E-state index >= 15 is 0 Å². The van der Waals surface area contributed by atoms with Crippen LogP contribution in [0.1, 0.15) is 30.9 Å². The lowest BCUT2D eigenvalue weighted by molar-refractivity contribution is 0.452. The molecule has 106 valence electrons. The summed E-state index contributed by atoms with van der Waals surface area (Å²) in [5, 5.41) is 0. The van der Waals surface area contributed by atoms with E-state index in [1.165, 1.54) is 0 Å². The normalized spacial score (nSPS) is 20.9. The number of benzene rings is 1. The minimum Gasteiger partial charge on any atom is -0.398 e. The molecule has 2 rings (SSSR count). The van der Waals surface area contributed by atoms with E-state index in [2.05, 4.69) is 6.92 Å². The summed E-state index contributed by atoms with van der Waals surface area (Å²) in [5.74, 6) is 0.483. The number of sulfonamides is 1. The van der Waals surface area contributed by atoms with Crippen molar-refractivity contribution in [1.82, 2.24) is 4.31 Å². The molecule has 1 heterocycles. The van der Waals surface area contributed by atoms with E-state index in [0.29, 0.717) is 35.2 Å². The molecule has 0 saturated carbocycles. The third-order valence-corrected chi connectivity index (χ3v) is 6.22. The Bertz CT molecular complexity index is 581. The van der Waals surface area contributed by atoms with Gasteiger partial charge in [0.05, 0.1) is 4.90 Å². The predicted octanol–water partition coefficient (Wildman–Crippen LogP) is 2.31. The molecule has 1 aliphatic rings. The average Bonchev–Trinajstić information content (AvgIpc) is 2.83. The van der Waals surface area contributed by atoms with Crippen LogP contribution in [0.4, 0.5) is 5.69 Å². The molecule has 0 amide bonds. The lowest BCUT2D eigenvalue weighted by Gasteiger charge is -2.20. The quantitative estimate of drug-likeness (QED) is 0.865. The SMILES string of the molecule is CCC1CCN(S(=O)(=O)c2c(C)ccc(N)c2C)C1. The molecular formula is C14H22N2O2S. The molecule has 0 bridgehead atoms. The van der Waals surface area contributed by atoms with E-state index in [1.807, 2.05) is 6.92 Å². The standard InChI is InChI=1S/C14H22N2O2S/c1-4-12-7-8-16(9-12)19(17,18)14-10(2)5-6-13(15)11(14)3/h5-6,12H,4,7-9,15H2,1-3H3. The summed E-state index contributed by atoms with van der Waals surface area (Å²) >= 11 is 0. The van der Waals surface area contributed by atoms with Crippen LogP contribution in [0.5, 0.6) is 0 Å². The van der Waals surface area contributed by atoms with Gasteiger partial charge in [0.25, 0.3) is 0 Å². The number of aryl methyl sites for hydroxylation is 1. The summed E-state index contributed by atoms with van der Waals surface area (Å²) in [5.41, 5.74) is 7.83. The van der Waals surface area contributed by atoms with Gasteiger partial charge in [0.1, 0.15) is 0 Å². The highest BCUT2D eigenvalue weighted by Crippen LogP contribution is 2.31. The Hall–Kier alpha value is -1.07. The first-order valence-electron chi connectivity index (χ1n) is 6.73. The molecule has 2 N–H and O–H groups in total. The topological polar surface area (TPSA) is 63.4 Å². The second-order valence-electron chi connectivity index (χ2n) is 5.35. The molecule has 0 spiro atoms. The van der Waals surface area contributed by atoms with Crippen LogP contribution in [0.3, 0.4) is 0 Å². The zero-order valence-electron chi connectivity index (χ0n) is 11.8. The van der Waals surface area contributed by atoms with Crippen LogP contribution < -0.4 is 5.73 Å². The van der Waals surface area contributed by atoms with Crippen LogP contribution in [0.2, 0.25) is 0 Å². The van der Waals surface area contributed by atoms with Crippen LogP contribution in [-0.2, 0) is 10.0 Å². The molecule has 1 unspecified atom stereocenters. The molecule has 1 saturated heterocycles. The van der Waals surface area contributed by atoms with E-state index < -0.39 is 10.0 Å². The fourth-order valence-corrected chi connectivity index (χ4v) is 4.71. The zero-order valence-corrected chi connectivity index (χ0v) is 12.6. The van der Waals surface area contributed by atoms with Crippen LogP contribution in [-0.4, -0.2) is 25.8 Å². The Morgan fingerprint density at radius 1 is 1.37 bits per heavy atom. The smallest absolute Gasteiger partial charge is 0.243 e. The highest BCUT2D eigenvalue weighted by Gasteiger charge is 2.33. The van der Waals surface area contributed by atoms with Crippen LogP contribution in [0, 0.1) is 19.8 Å². The molecule has 1 aromatic rings. The number of nitrogens with two attached hydrogens (primary N) is 1. The lowest BCUT2D eigenvalue weighted by Crippen LogP contribution is -2.30. The second-order valence-corrected chi connectivity index (χ2v) is 7.23. The maximum atomic E-state index is 12.8. The van der Waals surface area contributed by atoms with Crippen molar-refractivity contribution < 1.29 is 8.42 Å². The van der Waals surface area contributed by atoms with Gasteiger partial charge in [0.2, 0.25) is 10.0 Å². The largest absolute Gasteiger partial charge is 0.398 e. The second kappa shape index (κ2) is 5.13. The number of hydrogen-bond donors (Lipinski definition) is 1. The van der Waals surface area contributed by atoms with Crippen molar-refractivity contribution in [3.05, 3.63) is 23.3 Å².